The Labute approximate surface area is 86.6 Å². The summed E-state index contributed by atoms with van der Waals surface area (Å²) >= 11 is 0. The van der Waals surface area contributed by atoms with Crippen molar-refractivity contribution in [2.45, 2.75) is 38.5 Å². The van der Waals surface area contributed by atoms with Crippen molar-refractivity contribution < 1.29 is 4.79 Å². The fourth-order valence-corrected chi connectivity index (χ4v) is 2.20. The zero-order chi connectivity index (χ0) is 10.4. The fourth-order valence-electron chi connectivity index (χ4n) is 2.20. The molecule has 3 nitrogen and oxygen atoms in total. The summed E-state index contributed by atoms with van der Waals surface area (Å²) in [7, 11) is 2.08. The van der Waals surface area contributed by atoms with Crippen LogP contribution in [0.1, 0.15) is 38.5 Å². The summed E-state index contributed by atoms with van der Waals surface area (Å²) in [4.78, 5) is 12.8. The lowest BCUT2D eigenvalue weighted by atomic mass is 9.89. The Morgan fingerprint density at radius 2 is 2.00 bits per heavy atom. The standard InChI is InChI=1S/C11H22N2O/c1-13(8-7-11(12)14)9-10-5-3-2-4-6-10/h10H,2-9H2,1H3,(H2,12,14). The van der Waals surface area contributed by atoms with E-state index in [4.69, 9.17) is 5.73 Å². The molecule has 1 aliphatic carbocycles. The third-order valence-electron chi connectivity index (χ3n) is 3.03. The monoisotopic (exact) mass is 198 g/mol. The molecular weight excluding hydrogens is 176 g/mol. The quantitative estimate of drug-likeness (QED) is 0.725. The van der Waals surface area contributed by atoms with Gasteiger partial charge in [0.05, 0.1) is 0 Å². The van der Waals surface area contributed by atoms with Crippen molar-refractivity contribution >= 4 is 5.91 Å². The number of carbonyl (C=O) groups excluding carboxylic acids is 1. The molecule has 0 atom stereocenters. The summed E-state index contributed by atoms with van der Waals surface area (Å²) in [6, 6.07) is 0. The predicted octanol–water partition coefficient (Wildman–Crippen LogP) is 1.37. The molecule has 1 amide bonds. The first-order valence-corrected chi connectivity index (χ1v) is 5.65. The van der Waals surface area contributed by atoms with Gasteiger partial charge in [-0.15, -0.1) is 0 Å². The van der Waals surface area contributed by atoms with E-state index in [1.54, 1.807) is 0 Å². The number of amides is 1. The average Bonchev–Trinajstić information content (AvgIpc) is 2.16. The molecule has 0 radical (unpaired) electrons. The molecule has 0 saturated heterocycles. The first kappa shape index (κ1) is 11.5. The number of nitrogens with zero attached hydrogens (tertiary/aromatic N) is 1. The van der Waals surface area contributed by atoms with Gasteiger partial charge in [0.15, 0.2) is 0 Å². The van der Waals surface area contributed by atoms with Crippen molar-refractivity contribution in [3.05, 3.63) is 0 Å². The lowest BCUT2D eigenvalue weighted by Gasteiger charge is -2.26. The zero-order valence-electron chi connectivity index (χ0n) is 9.17. The van der Waals surface area contributed by atoms with Gasteiger partial charge in [0.1, 0.15) is 0 Å². The molecule has 0 unspecified atom stereocenters. The largest absolute Gasteiger partial charge is 0.370 e. The van der Waals surface area contributed by atoms with Crippen LogP contribution in [0.3, 0.4) is 0 Å². The molecule has 0 aromatic carbocycles. The zero-order valence-corrected chi connectivity index (χ0v) is 9.17. The van der Waals surface area contributed by atoms with Crippen molar-refractivity contribution in [2.24, 2.45) is 11.7 Å². The van der Waals surface area contributed by atoms with Crippen LogP contribution in [0.15, 0.2) is 0 Å². The van der Waals surface area contributed by atoms with E-state index < -0.39 is 0 Å². The second-order valence-electron chi connectivity index (χ2n) is 4.48. The van der Waals surface area contributed by atoms with E-state index in [-0.39, 0.29) is 5.91 Å². The molecule has 1 aliphatic rings. The van der Waals surface area contributed by atoms with Crippen LogP contribution in [-0.2, 0) is 4.79 Å². The highest BCUT2D eigenvalue weighted by atomic mass is 16.1. The number of rotatable bonds is 5. The van der Waals surface area contributed by atoms with E-state index in [1.807, 2.05) is 0 Å². The van der Waals surface area contributed by atoms with Gasteiger partial charge >= 0.3 is 0 Å². The summed E-state index contributed by atoms with van der Waals surface area (Å²) in [6.07, 6.45) is 7.38. The number of hydrogen-bond donors (Lipinski definition) is 1. The van der Waals surface area contributed by atoms with Crippen molar-refractivity contribution in [1.82, 2.24) is 4.90 Å². The topological polar surface area (TPSA) is 46.3 Å². The number of carbonyl (C=O) groups is 1. The van der Waals surface area contributed by atoms with E-state index in [0.29, 0.717) is 6.42 Å². The summed E-state index contributed by atoms with van der Waals surface area (Å²) in [5.74, 6) is 0.655. The van der Waals surface area contributed by atoms with Gasteiger partial charge in [-0.1, -0.05) is 19.3 Å². The van der Waals surface area contributed by atoms with Gasteiger partial charge in [-0.2, -0.15) is 0 Å². The maximum atomic E-state index is 10.6. The van der Waals surface area contributed by atoms with Gasteiger partial charge in [0.25, 0.3) is 0 Å². The van der Waals surface area contributed by atoms with E-state index in [9.17, 15) is 4.79 Å². The minimum atomic E-state index is -0.194. The van der Waals surface area contributed by atoms with E-state index in [2.05, 4.69) is 11.9 Å². The average molecular weight is 198 g/mol. The fraction of sp³-hybridized carbons (Fsp3) is 0.909. The summed E-state index contributed by atoms with van der Waals surface area (Å²) in [5.41, 5.74) is 5.11. The first-order valence-electron chi connectivity index (χ1n) is 5.65. The van der Waals surface area contributed by atoms with Crippen molar-refractivity contribution in [2.75, 3.05) is 20.1 Å². The minimum absolute atomic E-state index is 0.194. The molecule has 3 heteroatoms. The van der Waals surface area contributed by atoms with Gasteiger partial charge in [0.2, 0.25) is 5.91 Å². The van der Waals surface area contributed by atoms with Crippen molar-refractivity contribution in [1.29, 1.82) is 0 Å². The smallest absolute Gasteiger partial charge is 0.218 e. The summed E-state index contributed by atoms with van der Waals surface area (Å²) < 4.78 is 0. The molecule has 0 heterocycles. The Kier molecular flexibility index (Phi) is 4.94. The highest BCUT2D eigenvalue weighted by molar-refractivity contribution is 5.73. The third kappa shape index (κ3) is 4.61. The summed E-state index contributed by atoms with van der Waals surface area (Å²) in [5, 5.41) is 0. The minimum Gasteiger partial charge on any atom is -0.370 e. The maximum Gasteiger partial charge on any atom is 0.218 e. The van der Waals surface area contributed by atoms with E-state index in [1.165, 1.54) is 32.1 Å². The second-order valence-corrected chi connectivity index (χ2v) is 4.48. The molecule has 0 bridgehead atoms. The van der Waals surface area contributed by atoms with Crippen LogP contribution in [0, 0.1) is 5.92 Å². The molecule has 0 aliphatic heterocycles. The lowest BCUT2D eigenvalue weighted by Crippen LogP contribution is -2.30. The van der Waals surface area contributed by atoms with E-state index >= 15 is 0 Å². The number of primary amides is 1. The molecule has 0 aromatic heterocycles. The Bertz CT molecular complexity index is 176. The lowest BCUT2D eigenvalue weighted by molar-refractivity contribution is -0.118. The Hall–Kier alpha value is -0.570. The molecule has 1 fully saturated rings. The van der Waals surface area contributed by atoms with Crippen LogP contribution in [0.25, 0.3) is 0 Å². The third-order valence-corrected chi connectivity index (χ3v) is 3.03. The van der Waals surface area contributed by atoms with Crippen LogP contribution in [0.2, 0.25) is 0 Å². The maximum absolute atomic E-state index is 10.6. The Balaban J connectivity index is 2.11. The van der Waals surface area contributed by atoms with Crippen LogP contribution in [-0.4, -0.2) is 30.9 Å². The Morgan fingerprint density at radius 3 is 2.57 bits per heavy atom. The van der Waals surface area contributed by atoms with Crippen LogP contribution in [0.5, 0.6) is 0 Å². The van der Waals surface area contributed by atoms with Gasteiger partial charge < -0.3 is 10.6 Å². The summed E-state index contributed by atoms with van der Waals surface area (Å²) in [6.45, 7) is 1.94. The first-order chi connectivity index (χ1) is 6.68. The SMILES string of the molecule is CN(CCC(N)=O)CC1CCCCC1. The molecule has 0 aromatic rings. The molecule has 1 saturated carbocycles. The molecule has 2 N–H and O–H groups in total. The molecular formula is C11H22N2O. The molecule has 14 heavy (non-hydrogen) atoms. The van der Waals surface area contributed by atoms with Crippen LogP contribution >= 0.6 is 0 Å². The molecule has 0 spiro atoms. The van der Waals surface area contributed by atoms with E-state index in [0.717, 1.165) is 19.0 Å². The molecule has 82 valence electrons. The number of hydrogen-bond acceptors (Lipinski definition) is 2. The van der Waals surface area contributed by atoms with Crippen molar-refractivity contribution in [3.8, 4) is 0 Å². The second kappa shape index (κ2) is 6.02. The van der Waals surface area contributed by atoms with Crippen LogP contribution in [0.4, 0.5) is 0 Å². The number of nitrogens with two attached hydrogens (primary N) is 1. The predicted molar refractivity (Wildman–Crippen MR) is 57.9 cm³/mol. The van der Waals surface area contributed by atoms with Gasteiger partial charge in [-0.3, -0.25) is 4.79 Å². The van der Waals surface area contributed by atoms with Gasteiger partial charge in [-0.25, -0.2) is 0 Å². The Morgan fingerprint density at radius 1 is 1.36 bits per heavy atom. The normalized spacial score (nSPS) is 18.7. The van der Waals surface area contributed by atoms with Gasteiger partial charge in [0, 0.05) is 19.5 Å². The van der Waals surface area contributed by atoms with Crippen molar-refractivity contribution in [3.63, 3.8) is 0 Å². The highest BCUT2D eigenvalue weighted by Crippen LogP contribution is 2.23. The van der Waals surface area contributed by atoms with Gasteiger partial charge in [-0.05, 0) is 25.8 Å². The van der Waals surface area contributed by atoms with Crippen LogP contribution < -0.4 is 5.73 Å². The molecule has 1 rings (SSSR count). The highest BCUT2D eigenvalue weighted by Gasteiger charge is 2.15.